The Hall–Kier alpha value is -2.15. The van der Waals surface area contributed by atoms with Crippen LogP contribution in [0.15, 0.2) is 34.8 Å². The molecular formula is C11H10N4O2S. The number of aryl methyl sites for hydroxylation is 1. The normalized spacial score (nSPS) is 10.3. The molecule has 0 radical (unpaired) electrons. The lowest BCUT2D eigenvalue weighted by Gasteiger charge is -2.04. The molecule has 3 N–H and O–H groups in total. The molecule has 0 aliphatic rings. The minimum absolute atomic E-state index is 0.0455. The average molecular weight is 262 g/mol. The first-order valence-electron chi connectivity index (χ1n) is 5.01. The molecule has 2 aromatic rings. The molecule has 0 bridgehead atoms. The summed E-state index contributed by atoms with van der Waals surface area (Å²) < 4.78 is 0. The van der Waals surface area contributed by atoms with Crippen LogP contribution in [0.3, 0.4) is 0 Å². The van der Waals surface area contributed by atoms with E-state index in [2.05, 4.69) is 15.0 Å². The summed E-state index contributed by atoms with van der Waals surface area (Å²) in [6, 6.07) is 1.37. The van der Waals surface area contributed by atoms with E-state index < -0.39 is 5.97 Å². The Morgan fingerprint density at radius 1 is 1.28 bits per heavy atom. The standard InChI is InChI=1S/C11H10N4O2S/c1-6-3-14-11(15-4-6)18-9-8(10(16)17)2-7(12)5-13-9/h2-5H,12H2,1H3,(H,16,17). The fraction of sp³-hybridized carbons (Fsp3) is 0.0909. The van der Waals surface area contributed by atoms with Crippen LogP contribution in [0, 0.1) is 6.92 Å². The van der Waals surface area contributed by atoms with Crippen molar-refractivity contribution in [3.8, 4) is 0 Å². The minimum atomic E-state index is -1.08. The number of carbonyl (C=O) groups is 1. The summed E-state index contributed by atoms with van der Waals surface area (Å²) in [5, 5.41) is 9.83. The number of nitrogens with zero attached hydrogens (tertiary/aromatic N) is 3. The van der Waals surface area contributed by atoms with Crippen LogP contribution in [0.25, 0.3) is 0 Å². The molecule has 2 aromatic heterocycles. The van der Waals surface area contributed by atoms with Crippen molar-refractivity contribution in [2.45, 2.75) is 17.1 Å². The third kappa shape index (κ3) is 2.75. The van der Waals surface area contributed by atoms with Crippen molar-refractivity contribution in [2.24, 2.45) is 0 Å². The maximum Gasteiger partial charge on any atom is 0.338 e. The van der Waals surface area contributed by atoms with Gasteiger partial charge in [0.2, 0.25) is 0 Å². The highest BCUT2D eigenvalue weighted by atomic mass is 32.2. The number of nitrogen functional groups attached to an aromatic ring is 1. The highest BCUT2D eigenvalue weighted by Crippen LogP contribution is 2.26. The molecular weight excluding hydrogens is 252 g/mol. The van der Waals surface area contributed by atoms with Gasteiger partial charge >= 0.3 is 5.97 Å². The first-order valence-corrected chi connectivity index (χ1v) is 5.83. The van der Waals surface area contributed by atoms with Gasteiger partial charge in [0.05, 0.1) is 17.4 Å². The minimum Gasteiger partial charge on any atom is -0.478 e. The number of carboxylic acid groups (broad SMARTS) is 1. The third-order valence-electron chi connectivity index (χ3n) is 2.05. The van der Waals surface area contributed by atoms with Crippen molar-refractivity contribution in [2.75, 3.05) is 5.73 Å². The van der Waals surface area contributed by atoms with Crippen LogP contribution in [0.4, 0.5) is 5.69 Å². The smallest absolute Gasteiger partial charge is 0.338 e. The van der Waals surface area contributed by atoms with Crippen molar-refractivity contribution in [1.82, 2.24) is 15.0 Å². The van der Waals surface area contributed by atoms with E-state index in [1.54, 1.807) is 12.4 Å². The molecule has 0 aliphatic carbocycles. The van der Waals surface area contributed by atoms with Crippen LogP contribution < -0.4 is 5.73 Å². The Kier molecular flexibility index (Phi) is 3.42. The van der Waals surface area contributed by atoms with Crippen LogP contribution >= 0.6 is 11.8 Å². The largest absolute Gasteiger partial charge is 0.478 e. The van der Waals surface area contributed by atoms with Gasteiger partial charge in [-0.2, -0.15) is 0 Å². The number of rotatable bonds is 3. The average Bonchev–Trinajstić information content (AvgIpc) is 2.34. The zero-order valence-electron chi connectivity index (χ0n) is 9.49. The van der Waals surface area contributed by atoms with E-state index in [4.69, 9.17) is 10.8 Å². The van der Waals surface area contributed by atoms with Crippen LogP contribution in [0.1, 0.15) is 15.9 Å². The Labute approximate surface area is 107 Å². The van der Waals surface area contributed by atoms with Crippen molar-refractivity contribution < 1.29 is 9.90 Å². The fourth-order valence-electron chi connectivity index (χ4n) is 1.22. The second-order valence-corrected chi connectivity index (χ2v) is 4.53. The van der Waals surface area contributed by atoms with E-state index in [9.17, 15) is 4.79 Å². The first-order chi connectivity index (χ1) is 8.56. The van der Waals surface area contributed by atoms with Gasteiger partial charge in [0.25, 0.3) is 0 Å². The van der Waals surface area contributed by atoms with Crippen LogP contribution in [-0.4, -0.2) is 26.0 Å². The lowest BCUT2D eigenvalue weighted by molar-refractivity contribution is 0.0692. The number of anilines is 1. The molecule has 0 saturated heterocycles. The zero-order chi connectivity index (χ0) is 13.1. The summed E-state index contributed by atoms with van der Waals surface area (Å²) in [7, 11) is 0. The molecule has 0 aromatic carbocycles. The molecule has 0 atom stereocenters. The number of carboxylic acids is 1. The maximum absolute atomic E-state index is 11.1. The molecule has 0 spiro atoms. The predicted molar refractivity (Wildman–Crippen MR) is 66.5 cm³/mol. The summed E-state index contributed by atoms with van der Waals surface area (Å²) in [6.45, 7) is 1.87. The summed E-state index contributed by atoms with van der Waals surface area (Å²) >= 11 is 1.09. The molecule has 92 valence electrons. The van der Waals surface area contributed by atoms with E-state index in [1.165, 1.54) is 12.3 Å². The van der Waals surface area contributed by atoms with Gasteiger partial charge in [0.15, 0.2) is 5.16 Å². The molecule has 0 saturated carbocycles. The highest BCUT2D eigenvalue weighted by Gasteiger charge is 2.14. The second kappa shape index (κ2) is 5.01. The van der Waals surface area contributed by atoms with Gasteiger partial charge in [0.1, 0.15) is 5.03 Å². The third-order valence-corrected chi connectivity index (χ3v) is 2.96. The quantitative estimate of drug-likeness (QED) is 0.810. The van der Waals surface area contributed by atoms with E-state index in [-0.39, 0.29) is 5.56 Å². The Bertz CT molecular complexity index is 586. The Morgan fingerprint density at radius 2 is 1.94 bits per heavy atom. The van der Waals surface area contributed by atoms with Crippen molar-refractivity contribution >= 4 is 23.4 Å². The summed E-state index contributed by atoms with van der Waals surface area (Å²) in [4.78, 5) is 23.2. The topological polar surface area (TPSA) is 102 Å². The molecule has 2 rings (SSSR count). The first kappa shape index (κ1) is 12.3. The van der Waals surface area contributed by atoms with Gasteiger partial charge in [0, 0.05) is 12.4 Å². The van der Waals surface area contributed by atoms with E-state index in [1.807, 2.05) is 6.92 Å². The van der Waals surface area contributed by atoms with Crippen LogP contribution in [-0.2, 0) is 0 Å². The lowest BCUT2D eigenvalue weighted by atomic mass is 10.3. The number of hydrogen-bond donors (Lipinski definition) is 2. The van der Waals surface area contributed by atoms with Gasteiger partial charge < -0.3 is 10.8 Å². The Balaban J connectivity index is 2.34. The highest BCUT2D eigenvalue weighted by molar-refractivity contribution is 7.99. The van der Waals surface area contributed by atoms with Crippen LogP contribution in [0.5, 0.6) is 0 Å². The van der Waals surface area contributed by atoms with Crippen molar-refractivity contribution in [3.63, 3.8) is 0 Å². The molecule has 0 fully saturated rings. The van der Waals surface area contributed by atoms with Gasteiger partial charge in [-0.1, -0.05) is 0 Å². The SMILES string of the molecule is Cc1cnc(Sc2ncc(N)cc2C(=O)O)nc1. The molecule has 0 aliphatic heterocycles. The molecule has 0 amide bonds. The molecule has 2 heterocycles. The van der Waals surface area contributed by atoms with Crippen molar-refractivity contribution in [1.29, 1.82) is 0 Å². The molecule has 6 nitrogen and oxygen atoms in total. The summed E-state index contributed by atoms with van der Waals surface area (Å²) in [6.07, 6.45) is 4.73. The number of nitrogens with two attached hydrogens (primary N) is 1. The molecule has 7 heteroatoms. The summed E-state index contributed by atoms with van der Waals surface area (Å²) in [5.41, 5.74) is 6.80. The molecule has 0 unspecified atom stereocenters. The van der Waals surface area contributed by atoms with Gasteiger partial charge in [-0.25, -0.2) is 19.7 Å². The number of hydrogen-bond acceptors (Lipinski definition) is 6. The second-order valence-electron chi connectivity index (χ2n) is 3.57. The number of aromatic carboxylic acids is 1. The van der Waals surface area contributed by atoms with E-state index >= 15 is 0 Å². The number of pyridine rings is 1. The van der Waals surface area contributed by atoms with Gasteiger partial charge in [-0.05, 0) is 30.3 Å². The van der Waals surface area contributed by atoms with Gasteiger partial charge in [-0.3, -0.25) is 0 Å². The van der Waals surface area contributed by atoms with Crippen molar-refractivity contribution in [3.05, 3.63) is 35.8 Å². The van der Waals surface area contributed by atoms with Crippen LogP contribution in [0.2, 0.25) is 0 Å². The van der Waals surface area contributed by atoms with E-state index in [0.29, 0.717) is 15.9 Å². The number of aromatic nitrogens is 3. The summed E-state index contributed by atoms with van der Waals surface area (Å²) in [5.74, 6) is -1.08. The monoisotopic (exact) mass is 262 g/mol. The Morgan fingerprint density at radius 3 is 2.56 bits per heavy atom. The maximum atomic E-state index is 11.1. The lowest BCUT2D eigenvalue weighted by Crippen LogP contribution is -2.03. The fourth-order valence-corrected chi connectivity index (χ4v) is 1.97. The molecule has 18 heavy (non-hydrogen) atoms. The zero-order valence-corrected chi connectivity index (χ0v) is 10.3. The van der Waals surface area contributed by atoms with E-state index in [0.717, 1.165) is 17.3 Å². The van der Waals surface area contributed by atoms with Gasteiger partial charge in [-0.15, -0.1) is 0 Å². The predicted octanol–water partition coefficient (Wildman–Crippen LogP) is 1.61.